The van der Waals surface area contributed by atoms with Crippen LogP contribution in [0.4, 0.5) is 0 Å². The van der Waals surface area contributed by atoms with E-state index in [1.165, 1.54) is 11.8 Å². The smallest absolute Gasteiger partial charge is 0.214 e. The van der Waals surface area contributed by atoms with Gasteiger partial charge in [0.1, 0.15) is 10.9 Å². The van der Waals surface area contributed by atoms with Crippen molar-refractivity contribution in [2.75, 3.05) is 0 Å². The zero-order valence-corrected chi connectivity index (χ0v) is 10.7. The molecule has 2 heterocycles. The van der Waals surface area contributed by atoms with Crippen LogP contribution in [-0.2, 0) is 0 Å². The summed E-state index contributed by atoms with van der Waals surface area (Å²) in [5.74, 6) is 0.787. The van der Waals surface area contributed by atoms with Crippen molar-refractivity contribution < 1.29 is 5.21 Å². The Hall–Kier alpha value is -2.09. The largest absolute Gasteiger partial charge is 0.409 e. The summed E-state index contributed by atoms with van der Waals surface area (Å²) in [5.41, 5.74) is 6.94. The Bertz CT molecular complexity index is 594. The molecule has 0 aliphatic rings. The van der Waals surface area contributed by atoms with Gasteiger partial charge in [-0.05, 0) is 37.7 Å². The molecule has 18 heavy (non-hydrogen) atoms. The number of oxime groups is 1. The summed E-state index contributed by atoms with van der Waals surface area (Å²) in [4.78, 5) is 8.51. The summed E-state index contributed by atoms with van der Waals surface area (Å²) < 4.78 is 0. The molecule has 0 amide bonds. The number of rotatable bonds is 3. The molecule has 2 aromatic rings. The van der Waals surface area contributed by atoms with Gasteiger partial charge in [0.05, 0.1) is 0 Å². The number of pyridine rings is 1. The fraction of sp³-hybridized carbons (Fsp3) is 0.200. The van der Waals surface area contributed by atoms with Gasteiger partial charge < -0.3 is 10.9 Å². The number of H-pyrrole nitrogens is 1. The third kappa shape index (κ3) is 2.77. The summed E-state index contributed by atoms with van der Waals surface area (Å²) >= 11 is 1.31. The minimum atomic E-state index is 0.0496. The van der Waals surface area contributed by atoms with Gasteiger partial charge in [-0.2, -0.15) is 0 Å². The number of aryl methyl sites for hydroxylation is 2. The van der Waals surface area contributed by atoms with Gasteiger partial charge in [0.25, 0.3) is 0 Å². The summed E-state index contributed by atoms with van der Waals surface area (Å²) in [6, 6.07) is 3.46. The molecule has 0 atom stereocenters. The summed E-state index contributed by atoms with van der Waals surface area (Å²) in [6.07, 6.45) is 0. The van der Waals surface area contributed by atoms with Crippen molar-refractivity contribution in [1.82, 2.24) is 20.2 Å². The van der Waals surface area contributed by atoms with E-state index in [4.69, 9.17) is 10.9 Å². The van der Waals surface area contributed by atoms with Gasteiger partial charge in [-0.1, -0.05) is 5.16 Å². The van der Waals surface area contributed by atoms with E-state index in [1.54, 1.807) is 12.1 Å². The number of hydrogen-bond acceptors (Lipinski definition) is 6. The maximum absolute atomic E-state index is 8.67. The van der Waals surface area contributed by atoms with Crippen LogP contribution in [-0.4, -0.2) is 31.2 Å². The molecular weight excluding hydrogens is 252 g/mol. The molecule has 0 aliphatic heterocycles. The number of nitrogens with one attached hydrogen (secondary N) is 1. The first-order chi connectivity index (χ1) is 8.58. The van der Waals surface area contributed by atoms with Gasteiger partial charge in [0.15, 0.2) is 5.84 Å². The lowest BCUT2D eigenvalue weighted by atomic mass is 10.2. The Balaban J connectivity index is 2.31. The lowest BCUT2D eigenvalue weighted by Gasteiger charge is -2.03. The maximum Gasteiger partial charge on any atom is 0.214 e. The highest BCUT2D eigenvalue weighted by molar-refractivity contribution is 7.99. The normalized spacial score (nSPS) is 11.8. The molecule has 94 valence electrons. The van der Waals surface area contributed by atoms with Crippen molar-refractivity contribution in [2.45, 2.75) is 24.0 Å². The molecule has 0 aromatic carbocycles. The number of aromatic amines is 1. The van der Waals surface area contributed by atoms with E-state index in [1.807, 2.05) is 13.8 Å². The molecule has 4 N–H and O–H groups in total. The van der Waals surface area contributed by atoms with Crippen LogP contribution in [0.25, 0.3) is 0 Å². The second-order valence-electron chi connectivity index (χ2n) is 3.63. The average Bonchev–Trinajstić information content (AvgIpc) is 2.73. The van der Waals surface area contributed by atoms with Crippen LogP contribution in [0.3, 0.4) is 0 Å². The van der Waals surface area contributed by atoms with E-state index < -0.39 is 0 Å². The van der Waals surface area contributed by atoms with Gasteiger partial charge in [0.2, 0.25) is 5.16 Å². The zero-order valence-electron chi connectivity index (χ0n) is 9.88. The highest BCUT2D eigenvalue weighted by Gasteiger charge is 2.08. The Morgan fingerprint density at radius 1 is 1.39 bits per heavy atom. The minimum Gasteiger partial charge on any atom is -0.409 e. The number of aromatic nitrogens is 4. The lowest BCUT2D eigenvalue weighted by molar-refractivity contribution is 0.318. The summed E-state index contributed by atoms with van der Waals surface area (Å²) in [7, 11) is 0. The van der Waals surface area contributed by atoms with Crippen molar-refractivity contribution in [3.8, 4) is 0 Å². The Morgan fingerprint density at radius 3 is 2.78 bits per heavy atom. The first-order valence-corrected chi connectivity index (χ1v) is 5.93. The minimum absolute atomic E-state index is 0.0496. The second kappa shape index (κ2) is 5.05. The van der Waals surface area contributed by atoms with Gasteiger partial charge >= 0.3 is 0 Å². The van der Waals surface area contributed by atoms with Crippen molar-refractivity contribution in [3.63, 3.8) is 0 Å². The molecule has 0 unspecified atom stereocenters. The third-order valence-electron chi connectivity index (χ3n) is 2.11. The SMILES string of the molecule is Cc1cc(/C(N)=N/O)cc(Sc2n[nH]c(C)n2)n1. The molecule has 8 heteroatoms. The molecule has 0 aliphatic carbocycles. The number of nitrogens with two attached hydrogens (primary N) is 1. The van der Waals surface area contributed by atoms with E-state index in [-0.39, 0.29) is 5.84 Å². The van der Waals surface area contributed by atoms with Gasteiger partial charge in [0, 0.05) is 11.3 Å². The van der Waals surface area contributed by atoms with Gasteiger partial charge in [-0.15, -0.1) is 5.10 Å². The first-order valence-electron chi connectivity index (χ1n) is 5.12. The quantitative estimate of drug-likeness (QED) is 0.330. The fourth-order valence-electron chi connectivity index (χ4n) is 1.36. The highest BCUT2D eigenvalue weighted by atomic mass is 32.2. The van der Waals surface area contributed by atoms with Crippen molar-refractivity contribution in [2.24, 2.45) is 10.9 Å². The van der Waals surface area contributed by atoms with Crippen molar-refractivity contribution in [1.29, 1.82) is 0 Å². The van der Waals surface area contributed by atoms with Crippen LogP contribution >= 0.6 is 11.8 Å². The monoisotopic (exact) mass is 264 g/mol. The summed E-state index contributed by atoms with van der Waals surface area (Å²) in [5, 5.41) is 19.7. The molecule has 0 saturated carbocycles. The van der Waals surface area contributed by atoms with Gasteiger partial charge in [-0.3, -0.25) is 5.10 Å². The predicted molar refractivity (Wildman–Crippen MR) is 66.7 cm³/mol. The van der Waals surface area contributed by atoms with E-state index >= 15 is 0 Å². The molecule has 2 aromatic heterocycles. The van der Waals surface area contributed by atoms with E-state index in [9.17, 15) is 0 Å². The highest BCUT2D eigenvalue weighted by Crippen LogP contribution is 2.23. The standard InChI is InChI=1S/C10H12N6OS/c1-5-3-7(9(11)16-17)4-8(12-5)18-10-13-6(2)14-15-10/h3-4,17H,1-2H3,(H2,11,16)(H,13,14,15). The van der Waals surface area contributed by atoms with E-state index in [2.05, 4.69) is 25.3 Å². The van der Waals surface area contributed by atoms with Crippen molar-refractivity contribution >= 4 is 17.6 Å². The molecule has 0 saturated heterocycles. The molecular formula is C10H12N6OS. The van der Waals surface area contributed by atoms with Crippen LogP contribution in [0.2, 0.25) is 0 Å². The predicted octanol–water partition coefficient (Wildman–Crippen LogP) is 1.06. The molecule has 0 radical (unpaired) electrons. The molecule has 0 fully saturated rings. The topological polar surface area (TPSA) is 113 Å². The van der Waals surface area contributed by atoms with E-state index in [0.717, 1.165) is 11.5 Å². The van der Waals surface area contributed by atoms with Crippen LogP contribution < -0.4 is 5.73 Å². The van der Waals surface area contributed by atoms with Crippen LogP contribution in [0.1, 0.15) is 17.1 Å². The first kappa shape index (κ1) is 12.4. The zero-order chi connectivity index (χ0) is 13.1. The van der Waals surface area contributed by atoms with Gasteiger partial charge in [-0.25, -0.2) is 9.97 Å². The second-order valence-corrected chi connectivity index (χ2v) is 4.61. The van der Waals surface area contributed by atoms with Crippen LogP contribution in [0.15, 0.2) is 27.5 Å². The number of hydrogen-bond donors (Lipinski definition) is 3. The van der Waals surface area contributed by atoms with Crippen LogP contribution in [0, 0.1) is 13.8 Å². The third-order valence-corrected chi connectivity index (χ3v) is 2.89. The van der Waals surface area contributed by atoms with Crippen LogP contribution in [0.5, 0.6) is 0 Å². The fourth-order valence-corrected chi connectivity index (χ4v) is 2.19. The molecule has 0 bridgehead atoms. The Morgan fingerprint density at radius 2 is 2.17 bits per heavy atom. The Labute approximate surface area is 108 Å². The number of amidine groups is 1. The lowest BCUT2D eigenvalue weighted by Crippen LogP contribution is -2.13. The maximum atomic E-state index is 8.67. The molecule has 0 spiro atoms. The molecule has 7 nitrogen and oxygen atoms in total. The Kier molecular flexibility index (Phi) is 3.47. The van der Waals surface area contributed by atoms with E-state index in [0.29, 0.717) is 15.7 Å². The van der Waals surface area contributed by atoms with Crippen molar-refractivity contribution in [3.05, 3.63) is 29.2 Å². The molecule has 2 rings (SSSR count). The average molecular weight is 264 g/mol. The number of nitrogens with zero attached hydrogens (tertiary/aromatic N) is 4. The summed E-state index contributed by atoms with van der Waals surface area (Å²) in [6.45, 7) is 3.66.